The van der Waals surface area contributed by atoms with Crippen molar-refractivity contribution in [2.75, 3.05) is 19.8 Å². The predicted molar refractivity (Wildman–Crippen MR) is 164 cm³/mol. The van der Waals surface area contributed by atoms with Gasteiger partial charge in [-0.1, -0.05) is 125 Å². The van der Waals surface area contributed by atoms with Crippen molar-refractivity contribution in [3.8, 4) is 0 Å². The summed E-state index contributed by atoms with van der Waals surface area (Å²) in [6.07, 6.45) is 17.0. The molecule has 2 aromatic rings. The van der Waals surface area contributed by atoms with Crippen LogP contribution in [0, 0.1) is 0 Å². The van der Waals surface area contributed by atoms with Gasteiger partial charge in [0.25, 0.3) is 0 Å². The molecule has 0 spiro atoms. The zero-order chi connectivity index (χ0) is 27.9. The van der Waals surface area contributed by atoms with Gasteiger partial charge in [0.05, 0.1) is 13.2 Å². The van der Waals surface area contributed by atoms with Crippen LogP contribution in [-0.2, 0) is 34.1 Å². The van der Waals surface area contributed by atoms with E-state index >= 15 is 0 Å². The SMILES string of the molecule is CCCC[O][Al-]1[O][C@@H](CCCCCCCCOCc2ccccc2)[C@@H](CCCCCCOCc2ccccc2)[O]1.[Li+]. The summed E-state index contributed by atoms with van der Waals surface area (Å²) in [4.78, 5) is 0. The summed E-state index contributed by atoms with van der Waals surface area (Å²) in [7, 11) is 0. The summed E-state index contributed by atoms with van der Waals surface area (Å²) in [5.41, 5.74) is 2.50. The number of ether oxygens (including phenoxy) is 2. The Morgan fingerprint density at radius 2 is 1.00 bits per heavy atom. The maximum Gasteiger partial charge on any atom is 1.00 e. The van der Waals surface area contributed by atoms with Crippen molar-refractivity contribution in [3.05, 3.63) is 71.8 Å². The molecule has 1 fully saturated rings. The maximum atomic E-state index is 6.34. The van der Waals surface area contributed by atoms with E-state index in [-0.39, 0.29) is 31.1 Å². The van der Waals surface area contributed by atoms with Gasteiger partial charge in [-0.25, -0.2) is 0 Å². The molecule has 0 amide bonds. The molecule has 0 bridgehead atoms. The Hall–Kier alpha value is -0.630. The van der Waals surface area contributed by atoms with Gasteiger partial charge < -0.3 is 20.8 Å². The number of unbranched alkanes of at least 4 members (excludes halogenated alkanes) is 9. The molecule has 0 saturated carbocycles. The Labute approximate surface area is 267 Å². The monoisotopic (exact) mass is 575 g/mol. The van der Waals surface area contributed by atoms with Gasteiger partial charge in [0.1, 0.15) is 0 Å². The molecule has 1 aliphatic rings. The van der Waals surface area contributed by atoms with Crippen LogP contribution in [0.4, 0.5) is 0 Å². The molecule has 1 heterocycles. The standard InChI is InChI=1S/C30H44O4.C4H9O.Al.Li/c31-29(21-13-3-1-2-5-15-23-33-25-27-17-9-7-10-18-27)30(32)22-14-4-6-16-24-34-26-28-19-11-8-12-20-28;1-2-3-4-5;;/h7-12,17-20,29-30H,1-6,13-16,21-26H2;2-4H2,1H3;;/q-2;-1;+2;+1/t29-,30+;;;/m0.../s1. The molecule has 1 saturated heterocycles. The van der Waals surface area contributed by atoms with E-state index in [1.807, 2.05) is 12.1 Å². The molecule has 223 valence electrons. The van der Waals surface area contributed by atoms with Crippen molar-refractivity contribution in [2.24, 2.45) is 0 Å². The molecule has 0 aromatic heterocycles. The van der Waals surface area contributed by atoms with Crippen molar-refractivity contribution in [1.82, 2.24) is 0 Å². The zero-order valence-electron chi connectivity index (χ0n) is 26.0. The molecule has 0 unspecified atom stereocenters. The van der Waals surface area contributed by atoms with Crippen LogP contribution in [0.25, 0.3) is 0 Å². The van der Waals surface area contributed by atoms with E-state index < -0.39 is 15.1 Å². The second kappa shape index (κ2) is 24.8. The van der Waals surface area contributed by atoms with E-state index in [0.717, 1.165) is 65.0 Å². The molecule has 5 nitrogen and oxygen atoms in total. The molecule has 1 radical (unpaired) electrons. The molecular weight excluding hydrogens is 522 g/mol. The summed E-state index contributed by atoms with van der Waals surface area (Å²) in [5.74, 6) is 0. The van der Waals surface area contributed by atoms with Gasteiger partial charge in [0.2, 0.25) is 0 Å². The number of rotatable bonds is 24. The van der Waals surface area contributed by atoms with Gasteiger partial charge in [-0.3, -0.25) is 0 Å². The third kappa shape index (κ3) is 17.3. The summed E-state index contributed by atoms with van der Waals surface area (Å²) < 4.78 is 30.3. The number of hydrogen-bond donors (Lipinski definition) is 0. The van der Waals surface area contributed by atoms with E-state index in [0.29, 0.717) is 6.61 Å². The van der Waals surface area contributed by atoms with Crippen LogP contribution in [0.1, 0.15) is 108 Å². The van der Waals surface area contributed by atoms with E-state index in [9.17, 15) is 0 Å². The van der Waals surface area contributed by atoms with Crippen molar-refractivity contribution in [1.29, 1.82) is 0 Å². The number of hydrogen-bond acceptors (Lipinski definition) is 5. The molecule has 2 atom stereocenters. The summed E-state index contributed by atoms with van der Waals surface area (Å²) in [5, 5.41) is 0. The fraction of sp³-hybridized carbons (Fsp3) is 0.647. The Balaban J connectivity index is 0.00000588. The summed E-state index contributed by atoms with van der Waals surface area (Å²) in [6, 6.07) is 20.8. The maximum absolute atomic E-state index is 6.34. The van der Waals surface area contributed by atoms with Crippen LogP contribution < -0.4 is 18.9 Å². The molecule has 3 rings (SSSR count). The minimum absolute atomic E-state index is 0. The third-order valence-corrected chi connectivity index (χ3v) is 9.17. The van der Waals surface area contributed by atoms with Gasteiger partial charge in [-0.2, -0.15) is 0 Å². The van der Waals surface area contributed by atoms with E-state index in [1.165, 1.54) is 62.5 Å². The second-order valence-corrected chi connectivity index (χ2v) is 12.5. The quantitative estimate of drug-likeness (QED) is 0.119. The molecule has 7 heteroatoms. The first-order valence-electron chi connectivity index (χ1n) is 16.0. The molecule has 1 aliphatic heterocycles. The molecule has 41 heavy (non-hydrogen) atoms. The van der Waals surface area contributed by atoms with Crippen molar-refractivity contribution in [3.63, 3.8) is 0 Å². The minimum Gasteiger partial charge on any atom is -0.634 e. The average Bonchev–Trinajstić information content (AvgIpc) is 3.38. The van der Waals surface area contributed by atoms with Gasteiger partial charge in [0.15, 0.2) is 0 Å². The number of benzene rings is 2. The summed E-state index contributed by atoms with van der Waals surface area (Å²) >= 11 is -1.97. The zero-order valence-corrected chi connectivity index (χ0v) is 27.1. The normalized spacial score (nSPS) is 17.1. The van der Waals surface area contributed by atoms with Crippen LogP contribution >= 0.6 is 0 Å². The Morgan fingerprint density at radius 3 is 1.46 bits per heavy atom. The topological polar surface area (TPSA) is 46.2 Å². The third-order valence-electron chi connectivity index (χ3n) is 7.52. The molecule has 2 aromatic carbocycles. The molecule has 0 N–H and O–H groups in total. The van der Waals surface area contributed by atoms with Crippen molar-refractivity contribution >= 4 is 15.1 Å². The largest absolute Gasteiger partial charge is 1.00 e. The summed E-state index contributed by atoms with van der Waals surface area (Å²) in [6.45, 7) is 6.09. The Morgan fingerprint density at radius 1 is 0.561 bits per heavy atom. The van der Waals surface area contributed by atoms with Gasteiger partial charge in [-0.15, -0.1) is 0 Å². The van der Waals surface area contributed by atoms with Crippen molar-refractivity contribution in [2.45, 2.75) is 122 Å². The first-order valence-corrected chi connectivity index (χ1v) is 17.4. The van der Waals surface area contributed by atoms with Crippen LogP contribution in [-0.4, -0.2) is 47.2 Å². The van der Waals surface area contributed by atoms with E-state index in [1.54, 1.807) is 0 Å². The van der Waals surface area contributed by atoms with Crippen LogP contribution in [0.3, 0.4) is 0 Å². The van der Waals surface area contributed by atoms with Crippen LogP contribution in [0.5, 0.6) is 0 Å². The van der Waals surface area contributed by atoms with Gasteiger partial charge >= 0.3 is 34.0 Å². The molecule has 0 aliphatic carbocycles. The fourth-order valence-corrected chi connectivity index (χ4v) is 6.87. The average molecular weight is 576 g/mol. The second-order valence-electron chi connectivity index (χ2n) is 11.1. The Kier molecular flexibility index (Phi) is 22.1. The minimum atomic E-state index is -1.97. The predicted octanol–water partition coefficient (Wildman–Crippen LogP) is 5.69. The van der Waals surface area contributed by atoms with Gasteiger partial charge in [-0.05, 0) is 49.8 Å². The van der Waals surface area contributed by atoms with E-state index in [2.05, 4.69) is 55.5 Å². The fourth-order valence-electron chi connectivity index (χ4n) is 5.09. The van der Waals surface area contributed by atoms with Gasteiger partial charge in [0, 0.05) is 25.4 Å². The van der Waals surface area contributed by atoms with Crippen molar-refractivity contribution < 1.29 is 39.7 Å². The Bertz CT molecular complexity index is 844. The first-order chi connectivity index (χ1) is 19.8. The van der Waals surface area contributed by atoms with Crippen LogP contribution in [0.2, 0.25) is 0 Å². The molecular formula is C34H53AlLiO5. The smallest absolute Gasteiger partial charge is 0.634 e. The first kappa shape index (κ1) is 36.6. The van der Waals surface area contributed by atoms with Crippen LogP contribution in [0.15, 0.2) is 60.7 Å². The van der Waals surface area contributed by atoms with E-state index in [4.69, 9.17) is 20.8 Å².